The smallest absolute Gasteiger partial charge is 0.137 e. The molecule has 0 aromatic carbocycles. The average molecular weight is 246 g/mol. The minimum atomic E-state index is -0.465. The van der Waals surface area contributed by atoms with Crippen molar-refractivity contribution in [2.75, 3.05) is 13.2 Å². The molecule has 1 aliphatic heterocycles. The third-order valence-corrected chi connectivity index (χ3v) is 3.62. The number of pyridine rings is 1. The van der Waals surface area contributed by atoms with E-state index in [2.05, 4.69) is 4.98 Å². The second-order valence-electron chi connectivity index (χ2n) is 4.94. The molecule has 0 amide bonds. The van der Waals surface area contributed by atoms with Gasteiger partial charge in [0.2, 0.25) is 0 Å². The van der Waals surface area contributed by atoms with Gasteiger partial charge < -0.3 is 14.2 Å². The quantitative estimate of drug-likeness (QED) is 0.903. The van der Waals surface area contributed by atoms with Gasteiger partial charge in [-0.25, -0.2) is 4.98 Å². The van der Waals surface area contributed by atoms with E-state index in [9.17, 15) is 5.11 Å². The molecule has 2 aromatic heterocycles. The number of fused-ring (bicyclic) bond motifs is 1. The first-order chi connectivity index (χ1) is 8.83. The highest BCUT2D eigenvalue weighted by Gasteiger charge is 2.20. The van der Waals surface area contributed by atoms with Crippen molar-refractivity contribution in [2.24, 2.45) is 5.92 Å². The molecule has 3 rings (SSSR count). The van der Waals surface area contributed by atoms with Crippen molar-refractivity contribution in [3.63, 3.8) is 0 Å². The number of ether oxygens (including phenoxy) is 1. The van der Waals surface area contributed by atoms with Crippen molar-refractivity contribution < 1.29 is 9.84 Å². The Hall–Kier alpha value is -1.39. The molecular weight excluding hydrogens is 228 g/mol. The van der Waals surface area contributed by atoms with Crippen molar-refractivity contribution in [3.05, 3.63) is 36.3 Å². The van der Waals surface area contributed by atoms with E-state index < -0.39 is 6.10 Å². The molecule has 18 heavy (non-hydrogen) atoms. The average Bonchev–Trinajstić information content (AvgIpc) is 2.84. The highest BCUT2D eigenvalue weighted by molar-refractivity contribution is 5.39. The second-order valence-corrected chi connectivity index (χ2v) is 4.94. The van der Waals surface area contributed by atoms with Crippen molar-refractivity contribution in [2.45, 2.75) is 25.4 Å². The lowest BCUT2D eigenvalue weighted by molar-refractivity contribution is 0.0428. The van der Waals surface area contributed by atoms with Gasteiger partial charge in [0.25, 0.3) is 0 Å². The lowest BCUT2D eigenvalue weighted by Gasteiger charge is -2.23. The van der Waals surface area contributed by atoms with Crippen molar-refractivity contribution in [3.8, 4) is 0 Å². The summed E-state index contributed by atoms with van der Waals surface area (Å²) in [6, 6.07) is 5.87. The fourth-order valence-corrected chi connectivity index (χ4v) is 2.53. The zero-order chi connectivity index (χ0) is 12.4. The van der Waals surface area contributed by atoms with Crippen LogP contribution in [0.25, 0.3) is 5.65 Å². The molecule has 0 aliphatic carbocycles. The number of imidazole rings is 1. The lowest BCUT2D eigenvalue weighted by Crippen LogP contribution is -2.18. The molecule has 0 spiro atoms. The maximum Gasteiger partial charge on any atom is 0.137 e. The van der Waals surface area contributed by atoms with Crippen LogP contribution in [0.2, 0.25) is 0 Å². The van der Waals surface area contributed by atoms with Gasteiger partial charge >= 0.3 is 0 Å². The maximum atomic E-state index is 10.3. The van der Waals surface area contributed by atoms with Gasteiger partial charge in [-0.1, -0.05) is 6.07 Å². The standard InChI is InChI=1S/C14H18N2O2/c17-13(9-11-4-7-18-8-5-11)12-10-16-6-2-1-3-14(16)15-12/h1-3,6,10-11,13,17H,4-5,7-9H2. The predicted octanol–water partition coefficient (Wildman–Crippen LogP) is 2.18. The van der Waals surface area contributed by atoms with Crippen LogP contribution in [0.5, 0.6) is 0 Å². The van der Waals surface area contributed by atoms with Gasteiger partial charge in [0, 0.05) is 25.6 Å². The second kappa shape index (κ2) is 5.08. The summed E-state index contributed by atoms with van der Waals surface area (Å²) < 4.78 is 7.28. The Morgan fingerprint density at radius 1 is 1.39 bits per heavy atom. The molecule has 96 valence electrons. The minimum absolute atomic E-state index is 0.465. The molecule has 0 bridgehead atoms. The summed E-state index contributed by atoms with van der Waals surface area (Å²) in [6.07, 6.45) is 6.28. The largest absolute Gasteiger partial charge is 0.387 e. The molecule has 4 nitrogen and oxygen atoms in total. The third-order valence-electron chi connectivity index (χ3n) is 3.62. The van der Waals surface area contributed by atoms with Gasteiger partial charge in [-0.15, -0.1) is 0 Å². The van der Waals surface area contributed by atoms with E-state index in [1.165, 1.54) is 0 Å². The fraction of sp³-hybridized carbons (Fsp3) is 0.500. The van der Waals surface area contributed by atoms with Crippen molar-refractivity contribution >= 4 is 5.65 Å². The van der Waals surface area contributed by atoms with Crippen LogP contribution in [0.1, 0.15) is 31.1 Å². The van der Waals surface area contributed by atoms with Gasteiger partial charge in [0.15, 0.2) is 0 Å². The molecule has 0 radical (unpaired) electrons. The molecule has 4 heteroatoms. The lowest BCUT2D eigenvalue weighted by atomic mass is 9.93. The Balaban J connectivity index is 1.72. The number of aliphatic hydroxyl groups is 1. The van der Waals surface area contributed by atoms with E-state index in [1.807, 2.05) is 35.0 Å². The Labute approximate surface area is 106 Å². The summed E-state index contributed by atoms with van der Waals surface area (Å²) in [5.74, 6) is 0.554. The van der Waals surface area contributed by atoms with Crippen molar-refractivity contribution in [1.82, 2.24) is 9.38 Å². The molecule has 3 heterocycles. The zero-order valence-corrected chi connectivity index (χ0v) is 10.3. The highest BCUT2D eigenvalue weighted by Crippen LogP contribution is 2.27. The molecule has 1 N–H and O–H groups in total. The van der Waals surface area contributed by atoms with E-state index in [1.54, 1.807) is 0 Å². The van der Waals surface area contributed by atoms with E-state index in [0.29, 0.717) is 5.92 Å². The molecule has 2 aromatic rings. The van der Waals surface area contributed by atoms with Crippen LogP contribution in [-0.4, -0.2) is 27.7 Å². The first-order valence-electron chi connectivity index (χ1n) is 6.52. The Morgan fingerprint density at radius 2 is 2.22 bits per heavy atom. The molecule has 1 fully saturated rings. The monoisotopic (exact) mass is 246 g/mol. The highest BCUT2D eigenvalue weighted by atomic mass is 16.5. The first kappa shape index (κ1) is 11.7. The van der Waals surface area contributed by atoms with Crippen LogP contribution in [0.3, 0.4) is 0 Å². The summed E-state index contributed by atoms with van der Waals surface area (Å²) in [5, 5.41) is 10.3. The summed E-state index contributed by atoms with van der Waals surface area (Å²) in [5.41, 5.74) is 1.66. The van der Waals surface area contributed by atoms with Crippen molar-refractivity contribution in [1.29, 1.82) is 0 Å². The SMILES string of the molecule is OC(CC1CCOCC1)c1cn2ccccc2n1. The first-order valence-corrected chi connectivity index (χ1v) is 6.52. The topological polar surface area (TPSA) is 46.8 Å². The summed E-state index contributed by atoms with van der Waals surface area (Å²) >= 11 is 0. The summed E-state index contributed by atoms with van der Waals surface area (Å²) in [4.78, 5) is 4.46. The Bertz CT molecular complexity index is 484. The van der Waals surface area contributed by atoms with Crippen LogP contribution >= 0.6 is 0 Å². The number of hydrogen-bond acceptors (Lipinski definition) is 3. The zero-order valence-electron chi connectivity index (χ0n) is 10.3. The third kappa shape index (κ3) is 2.40. The molecule has 1 atom stereocenters. The van der Waals surface area contributed by atoms with E-state index in [-0.39, 0.29) is 0 Å². The number of rotatable bonds is 3. The van der Waals surface area contributed by atoms with Gasteiger partial charge in [0.05, 0.1) is 11.8 Å². The normalized spacial score (nSPS) is 19.2. The summed E-state index contributed by atoms with van der Waals surface area (Å²) in [6.45, 7) is 1.64. The van der Waals surface area contributed by atoms with Gasteiger partial charge in [-0.2, -0.15) is 0 Å². The van der Waals surface area contributed by atoms with Crippen LogP contribution < -0.4 is 0 Å². The number of aromatic nitrogens is 2. The van der Waals surface area contributed by atoms with Crippen LogP contribution in [0.4, 0.5) is 0 Å². The summed E-state index contributed by atoms with van der Waals surface area (Å²) in [7, 11) is 0. The Morgan fingerprint density at radius 3 is 3.00 bits per heavy atom. The van der Waals surface area contributed by atoms with Crippen LogP contribution in [-0.2, 0) is 4.74 Å². The Kier molecular flexibility index (Phi) is 3.30. The molecule has 1 unspecified atom stereocenters. The number of aliphatic hydroxyl groups excluding tert-OH is 1. The van der Waals surface area contributed by atoms with E-state index >= 15 is 0 Å². The number of hydrogen-bond donors (Lipinski definition) is 1. The fourth-order valence-electron chi connectivity index (χ4n) is 2.53. The molecule has 1 aliphatic rings. The maximum absolute atomic E-state index is 10.3. The number of nitrogens with zero attached hydrogens (tertiary/aromatic N) is 2. The van der Waals surface area contributed by atoms with Gasteiger partial charge in [-0.3, -0.25) is 0 Å². The van der Waals surface area contributed by atoms with Gasteiger partial charge in [-0.05, 0) is 37.3 Å². The molecule has 1 saturated heterocycles. The van der Waals surface area contributed by atoms with E-state index in [4.69, 9.17) is 4.74 Å². The van der Waals surface area contributed by atoms with Crippen LogP contribution in [0, 0.1) is 5.92 Å². The minimum Gasteiger partial charge on any atom is -0.387 e. The molecule has 0 saturated carbocycles. The van der Waals surface area contributed by atoms with E-state index in [0.717, 1.165) is 43.8 Å². The van der Waals surface area contributed by atoms with Gasteiger partial charge in [0.1, 0.15) is 5.65 Å². The van der Waals surface area contributed by atoms with Crippen LogP contribution in [0.15, 0.2) is 30.6 Å². The predicted molar refractivity (Wildman–Crippen MR) is 68.3 cm³/mol. The molecular formula is C14H18N2O2.